The van der Waals surface area contributed by atoms with E-state index < -0.39 is 0 Å². The molecule has 0 radical (unpaired) electrons. The third-order valence-electron chi connectivity index (χ3n) is 2.25. The Morgan fingerprint density at radius 3 is 2.76 bits per heavy atom. The summed E-state index contributed by atoms with van der Waals surface area (Å²) in [5.74, 6) is 0.443. The maximum absolute atomic E-state index is 11.8. The number of carbonyl (C=O) groups is 1. The summed E-state index contributed by atoms with van der Waals surface area (Å²) in [4.78, 5) is 12.9. The minimum absolute atomic E-state index is 0.147. The van der Waals surface area contributed by atoms with Crippen molar-refractivity contribution in [3.8, 4) is 5.75 Å². The molecule has 1 N–H and O–H groups in total. The van der Waals surface area contributed by atoms with Gasteiger partial charge in [-0.05, 0) is 24.5 Å². The molecule has 1 aromatic rings. The fourth-order valence-corrected chi connectivity index (χ4v) is 1.78. The summed E-state index contributed by atoms with van der Waals surface area (Å²) in [6, 6.07) is 5.53. The van der Waals surface area contributed by atoms with E-state index in [1.165, 1.54) is 0 Å². The van der Waals surface area contributed by atoms with Crippen LogP contribution in [-0.2, 0) is 4.74 Å². The number of ether oxygens (including phenoxy) is 2. The van der Waals surface area contributed by atoms with Gasteiger partial charge in [-0.1, -0.05) is 0 Å². The molecule has 5 heteroatoms. The van der Waals surface area contributed by atoms with Gasteiger partial charge in [0.05, 0.1) is 19.3 Å². The van der Waals surface area contributed by atoms with Gasteiger partial charge in [-0.15, -0.1) is 11.8 Å². The lowest BCUT2D eigenvalue weighted by molar-refractivity contribution is 0.0934. The third-order valence-corrected chi connectivity index (χ3v) is 2.97. The largest absolute Gasteiger partial charge is 0.496 e. The van der Waals surface area contributed by atoms with Gasteiger partial charge in [0.1, 0.15) is 5.75 Å². The summed E-state index contributed by atoms with van der Waals surface area (Å²) in [5.41, 5.74) is 0.543. The number of benzene rings is 1. The molecule has 0 aliphatic rings. The van der Waals surface area contributed by atoms with Gasteiger partial charge in [-0.2, -0.15) is 0 Å². The summed E-state index contributed by atoms with van der Waals surface area (Å²) in [6.07, 6.45) is 1.98. The summed E-state index contributed by atoms with van der Waals surface area (Å²) in [6.45, 7) is 0.986. The first-order chi connectivity index (χ1) is 8.22. The highest BCUT2D eigenvalue weighted by Gasteiger charge is 2.11. The van der Waals surface area contributed by atoms with Gasteiger partial charge in [0.25, 0.3) is 5.91 Å². The van der Waals surface area contributed by atoms with E-state index in [1.807, 2.05) is 18.4 Å². The van der Waals surface area contributed by atoms with E-state index in [-0.39, 0.29) is 5.91 Å². The Kier molecular flexibility index (Phi) is 5.86. The number of thioether (sulfide) groups is 1. The smallest absolute Gasteiger partial charge is 0.255 e. The van der Waals surface area contributed by atoms with E-state index in [9.17, 15) is 4.79 Å². The minimum Gasteiger partial charge on any atom is -0.496 e. The Balaban J connectivity index is 2.78. The van der Waals surface area contributed by atoms with Crippen molar-refractivity contribution >= 4 is 17.7 Å². The molecule has 1 amide bonds. The normalized spacial score (nSPS) is 10.1. The van der Waals surface area contributed by atoms with E-state index in [1.54, 1.807) is 32.0 Å². The summed E-state index contributed by atoms with van der Waals surface area (Å²) < 4.78 is 10.1. The lowest BCUT2D eigenvalue weighted by atomic mass is 10.2. The average Bonchev–Trinajstić information content (AvgIpc) is 2.38. The van der Waals surface area contributed by atoms with Gasteiger partial charge in [-0.25, -0.2) is 0 Å². The second-order valence-corrected chi connectivity index (χ2v) is 4.19. The van der Waals surface area contributed by atoms with Crippen LogP contribution in [0.25, 0.3) is 0 Å². The van der Waals surface area contributed by atoms with E-state index in [4.69, 9.17) is 9.47 Å². The number of amides is 1. The standard InChI is InChI=1S/C12H17NO3S/c1-15-7-6-13-12(14)10-5-4-9(17-3)8-11(10)16-2/h4-5,8H,6-7H2,1-3H3,(H,13,14). The molecule has 17 heavy (non-hydrogen) atoms. The Morgan fingerprint density at radius 2 is 2.18 bits per heavy atom. The van der Waals surface area contributed by atoms with Crippen LogP contribution in [0.1, 0.15) is 10.4 Å². The molecule has 1 rings (SSSR count). The zero-order valence-corrected chi connectivity index (χ0v) is 11.1. The third kappa shape index (κ3) is 3.94. The quantitative estimate of drug-likeness (QED) is 0.622. The molecule has 0 aliphatic carbocycles. The lowest BCUT2D eigenvalue weighted by Gasteiger charge is -2.10. The summed E-state index contributed by atoms with van der Waals surface area (Å²) in [5, 5.41) is 2.76. The Bertz CT molecular complexity index is 382. The second-order valence-electron chi connectivity index (χ2n) is 3.31. The topological polar surface area (TPSA) is 47.6 Å². The van der Waals surface area contributed by atoms with Crippen molar-refractivity contribution in [3.05, 3.63) is 23.8 Å². The van der Waals surface area contributed by atoms with Crippen LogP contribution in [0.5, 0.6) is 5.75 Å². The summed E-state index contributed by atoms with van der Waals surface area (Å²) in [7, 11) is 3.16. The van der Waals surface area contributed by atoms with Crippen LogP contribution in [0.4, 0.5) is 0 Å². The van der Waals surface area contributed by atoms with Crippen molar-refractivity contribution in [2.75, 3.05) is 33.6 Å². The highest BCUT2D eigenvalue weighted by Crippen LogP contribution is 2.25. The molecule has 0 fully saturated rings. The zero-order chi connectivity index (χ0) is 12.7. The molecule has 0 saturated carbocycles. The van der Waals surface area contributed by atoms with Crippen molar-refractivity contribution in [1.82, 2.24) is 5.32 Å². The molecule has 0 spiro atoms. The molecule has 4 nitrogen and oxygen atoms in total. The number of hydrogen-bond acceptors (Lipinski definition) is 4. The van der Waals surface area contributed by atoms with Crippen LogP contribution in [0.3, 0.4) is 0 Å². The Morgan fingerprint density at radius 1 is 1.41 bits per heavy atom. The van der Waals surface area contributed by atoms with Crippen LogP contribution in [-0.4, -0.2) is 39.5 Å². The predicted molar refractivity (Wildman–Crippen MR) is 69.0 cm³/mol. The van der Waals surface area contributed by atoms with E-state index in [0.29, 0.717) is 24.5 Å². The van der Waals surface area contributed by atoms with Crippen molar-refractivity contribution in [3.63, 3.8) is 0 Å². The fourth-order valence-electron chi connectivity index (χ4n) is 1.35. The number of rotatable bonds is 6. The maximum Gasteiger partial charge on any atom is 0.255 e. The van der Waals surface area contributed by atoms with Crippen molar-refractivity contribution in [2.24, 2.45) is 0 Å². The molecule has 0 unspecified atom stereocenters. The van der Waals surface area contributed by atoms with Crippen molar-refractivity contribution in [1.29, 1.82) is 0 Å². The number of nitrogens with one attached hydrogen (secondary N) is 1. The highest BCUT2D eigenvalue weighted by molar-refractivity contribution is 7.98. The first kappa shape index (κ1) is 13.9. The molecule has 0 aromatic heterocycles. The van der Waals surface area contributed by atoms with E-state index >= 15 is 0 Å². The molecule has 0 heterocycles. The van der Waals surface area contributed by atoms with Gasteiger partial charge in [-0.3, -0.25) is 4.79 Å². The van der Waals surface area contributed by atoms with Gasteiger partial charge in [0, 0.05) is 18.6 Å². The average molecular weight is 255 g/mol. The van der Waals surface area contributed by atoms with Gasteiger partial charge in [0.2, 0.25) is 0 Å². The van der Waals surface area contributed by atoms with E-state index in [0.717, 1.165) is 4.90 Å². The predicted octanol–water partition coefficient (Wildman–Crippen LogP) is 1.79. The summed E-state index contributed by atoms with van der Waals surface area (Å²) >= 11 is 1.61. The van der Waals surface area contributed by atoms with Crippen molar-refractivity contribution in [2.45, 2.75) is 4.90 Å². The highest BCUT2D eigenvalue weighted by atomic mass is 32.2. The Labute approximate surface area is 106 Å². The van der Waals surface area contributed by atoms with Crippen LogP contribution < -0.4 is 10.1 Å². The van der Waals surface area contributed by atoms with Crippen LogP contribution in [0, 0.1) is 0 Å². The number of methoxy groups -OCH3 is 2. The van der Waals surface area contributed by atoms with Crippen molar-refractivity contribution < 1.29 is 14.3 Å². The van der Waals surface area contributed by atoms with E-state index in [2.05, 4.69) is 5.32 Å². The monoisotopic (exact) mass is 255 g/mol. The maximum atomic E-state index is 11.8. The van der Waals surface area contributed by atoms with Gasteiger partial charge < -0.3 is 14.8 Å². The molecule has 0 atom stereocenters. The van der Waals surface area contributed by atoms with Crippen LogP contribution in [0.15, 0.2) is 23.1 Å². The zero-order valence-electron chi connectivity index (χ0n) is 10.3. The number of hydrogen-bond donors (Lipinski definition) is 1. The first-order valence-corrected chi connectivity index (χ1v) is 6.44. The second kappa shape index (κ2) is 7.19. The molecular formula is C12H17NO3S. The molecule has 0 aliphatic heterocycles. The molecule has 0 bridgehead atoms. The van der Waals surface area contributed by atoms with Crippen LogP contribution >= 0.6 is 11.8 Å². The molecule has 0 saturated heterocycles. The fraction of sp³-hybridized carbons (Fsp3) is 0.417. The Hall–Kier alpha value is -1.20. The van der Waals surface area contributed by atoms with Crippen LogP contribution in [0.2, 0.25) is 0 Å². The lowest BCUT2D eigenvalue weighted by Crippen LogP contribution is -2.27. The van der Waals surface area contributed by atoms with Gasteiger partial charge in [0.15, 0.2) is 0 Å². The molecule has 1 aromatic carbocycles. The number of carbonyl (C=O) groups excluding carboxylic acids is 1. The molecule has 94 valence electrons. The SMILES string of the molecule is COCCNC(=O)c1ccc(SC)cc1OC. The minimum atomic E-state index is -0.147. The van der Waals surface area contributed by atoms with Gasteiger partial charge >= 0.3 is 0 Å². The first-order valence-electron chi connectivity index (χ1n) is 5.22. The molecular weight excluding hydrogens is 238 g/mol.